The standard InChI is InChI=1S/C56H44N5O4/c62-56(63)55-49-9-6-10-50(55)44-25-17-40(18-26-44)32-59-38-61(54-14-4-2-12-52(54)59)34-42-21-29-48(30-22-42)65-36-46-8-5-7-45(57-46)35-64-47-27-19-41(20-28-47)33-60-37-58(51-11-1-3-13-53(51)60)31-39-15-23-43(49)24-16-39/h1-30,37-38H,31-36H2/q+1/p+1. The second-order valence-corrected chi connectivity index (χ2v) is 16.6. The monoisotopic (exact) mass is 851 g/mol. The van der Waals surface area contributed by atoms with E-state index >= 15 is 0 Å². The topological polar surface area (TPSA) is 86.3 Å². The van der Waals surface area contributed by atoms with Gasteiger partial charge in [-0.1, -0.05) is 121 Å². The average Bonchev–Trinajstić information content (AvgIpc) is 3.87. The van der Waals surface area contributed by atoms with Crippen LogP contribution in [0.15, 0.2) is 195 Å². The molecule has 10 heterocycles. The molecule has 0 aliphatic carbocycles. The molecule has 316 valence electrons. The van der Waals surface area contributed by atoms with Gasteiger partial charge in [-0.2, -0.15) is 0 Å². The Hall–Kier alpha value is -8.30. The van der Waals surface area contributed by atoms with Gasteiger partial charge in [-0.25, -0.2) is 23.1 Å². The normalized spacial score (nSPS) is 12.9. The molecule has 17 rings (SSSR count). The van der Waals surface area contributed by atoms with Crippen LogP contribution in [0.3, 0.4) is 0 Å². The summed E-state index contributed by atoms with van der Waals surface area (Å²) in [6.07, 6.45) is 4.34. The zero-order valence-corrected chi connectivity index (χ0v) is 35.6. The van der Waals surface area contributed by atoms with Crippen molar-refractivity contribution in [3.8, 4) is 33.8 Å². The van der Waals surface area contributed by atoms with Crippen molar-refractivity contribution in [3.05, 3.63) is 234 Å². The first-order valence-corrected chi connectivity index (χ1v) is 21.9. The minimum atomic E-state index is -0.957. The number of hydrogen-bond acceptors (Lipinski definition) is 4. The quantitative estimate of drug-likeness (QED) is 0.166. The Kier molecular flexibility index (Phi) is 10.4. The third-order valence-electron chi connectivity index (χ3n) is 12.3. The summed E-state index contributed by atoms with van der Waals surface area (Å²) in [7, 11) is 0. The molecule has 10 aromatic rings. The van der Waals surface area contributed by atoms with E-state index in [0.717, 1.165) is 78.3 Å². The molecule has 0 unspecified atom stereocenters. The maximum absolute atomic E-state index is 13.0. The van der Waals surface area contributed by atoms with Gasteiger partial charge in [0.25, 0.3) is 0 Å². The number of aromatic carboxylic acids is 1. The van der Waals surface area contributed by atoms with Gasteiger partial charge >= 0.3 is 5.97 Å². The van der Waals surface area contributed by atoms with Crippen molar-refractivity contribution in [1.29, 1.82) is 0 Å². The highest BCUT2D eigenvalue weighted by Gasteiger charge is 2.21. The van der Waals surface area contributed by atoms with Crippen LogP contribution in [-0.4, -0.2) is 25.2 Å². The minimum Gasteiger partial charge on any atom is -0.487 e. The molecule has 7 aliphatic rings. The number of para-hydroxylation sites is 4. The lowest BCUT2D eigenvalue weighted by Crippen LogP contribution is -2.32. The van der Waals surface area contributed by atoms with Crippen molar-refractivity contribution in [3.63, 3.8) is 0 Å². The van der Waals surface area contributed by atoms with Gasteiger partial charge < -0.3 is 14.6 Å². The van der Waals surface area contributed by atoms with E-state index in [9.17, 15) is 9.90 Å². The summed E-state index contributed by atoms with van der Waals surface area (Å²) in [6.45, 7) is 3.40. The van der Waals surface area contributed by atoms with E-state index in [2.05, 4.69) is 128 Å². The summed E-state index contributed by atoms with van der Waals surface area (Å²) in [5.74, 6) is 0.598. The Morgan fingerprint density at radius 1 is 0.477 bits per heavy atom. The molecule has 0 fully saturated rings. The van der Waals surface area contributed by atoms with E-state index in [1.807, 2.05) is 84.9 Å². The van der Waals surface area contributed by atoms with Crippen molar-refractivity contribution >= 4 is 28.0 Å². The fourth-order valence-electron chi connectivity index (χ4n) is 9.01. The number of fused-ring (bicyclic) bond motifs is 2. The van der Waals surface area contributed by atoms with Crippen molar-refractivity contribution in [2.75, 3.05) is 0 Å². The van der Waals surface area contributed by atoms with Gasteiger partial charge in [0.1, 0.15) is 50.9 Å². The highest BCUT2D eigenvalue weighted by atomic mass is 16.5. The number of carboxylic acid groups (broad SMARTS) is 1. The van der Waals surface area contributed by atoms with Gasteiger partial charge in [-0.15, -0.1) is 0 Å². The molecule has 0 atom stereocenters. The van der Waals surface area contributed by atoms with Crippen LogP contribution in [0.1, 0.15) is 44.0 Å². The fourth-order valence-corrected chi connectivity index (χ4v) is 9.01. The molecule has 0 amide bonds. The van der Waals surface area contributed by atoms with E-state index < -0.39 is 5.97 Å². The largest absolute Gasteiger partial charge is 0.487 e. The zero-order valence-electron chi connectivity index (χ0n) is 35.6. The van der Waals surface area contributed by atoms with Crippen LogP contribution in [0.5, 0.6) is 11.5 Å². The van der Waals surface area contributed by atoms with Crippen LogP contribution < -0.4 is 18.6 Å². The smallest absolute Gasteiger partial charge is 0.336 e. The van der Waals surface area contributed by atoms with Crippen LogP contribution in [0.25, 0.3) is 44.3 Å². The van der Waals surface area contributed by atoms with Crippen molar-refractivity contribution in [2.24, 2.45) is 0 Å². The summed E-state index contributed by atoms with van der Waals surface area (Å²) < 4.78 is 21.5. The molecular weight excluding hydrogens is 807 g/mol. The summed E-state index contributed by atoms with van der Waals surface area (Å²) in [5, 5.41) is 10.7. The number of pyridine rings is 1. The molecule has 3 aromatic heterocycles. The predicted molar refractivity (Wildman–Crippen MR) is 251 cm³/mol. The van der Waals surface area contributed by atoms with Gasteiger partial charge in [-0.3, -0.25) is 4.98 Å². The Balaban J connectivity index is 0.930. The van der Waals surface area contributed by atoms with Gasteiger partial charge in [0.2, 0.25) is 12.7 Å². The summed E-state index contributed by atoms with van der Waals surface area (Å²) in [6, 6.07) is 61.6. The van der Waals surface area contributed by atoms with E-state index in [1.165, 1.54) is 0 Å². The van der Waals surface area contributed by atoms with Gasteiger partial charge in [0, 0.05) is 0 Å². The summed E-state index contributed by atoms with van der Waals surface area (Å²) in [5.41, 5.74) is 14.1. The molecular formula is C56H45N5O4+2. The van der Waals surface area contributed by atoms with E-state index in [1.54, 1.807) is 0 Å². The molecule has 0 spiro atoms. The van der Waals surface area contributed by atoms with Crippen LogP contribution in [-0.2, 0) is 39.4 Å². The van der Waals surface area contributed by atoms with E-state index in [-0.39, 0.29) is 5.56 Å². The average molecular weight is 852 g/mol. The number of carboxylic acids is 1. The maximum Gasteiger partial charge on any atom is 0.336 e. The molecule has 1 N–H and O–H groups in total. The second-order valence-electron chi connectivity index (χ2n) is 16.6. The predicted octanol–water partition coefficient (Wildman–Crippen LogP) is 10.3. The zero-order chi connectivity index (χ0) is 43.7. The number of carbonyl (C=O) groups is 1. The Labute approximate surface area is 376 Å². The lowest BCUT2D eigenvalue weighted by atomic mass is 9.91. The molecule has 65 heavy (non-hydrogen) atoms. The molecule has 0 saturated carbocycles. The van der Waals surface area contributed by atoms with Crippen LogP contribution in [0.4, 0.5) is 0 Å². The fraction of sp³-hybridized carbons (Fsp3) is 0.107. The maximum atomic E-state index is 13.0. The highest BCUT2D eigenvalue weighted by molar-refractivity contribution is 6.03. The first-order valence-electron chi connectivity index (χ1n) is 21.9. The first kappa shape index (κ1) is 39.5. The number of hydrogen-bond donors (Lipinski definition) is 1. The third kappa shape index (κ3) is 8.23. The molecule has 7 aliphatic heterocycles. The van der Waals surface area contributed by atoms with Gasteiger partial charge in [0.05, 0.1) is 17.0 Å². The molecule has 9 heteroatoms. The molecule has 16 bridgehead atoms. The summed E-state index contributed by atoms with van der Waals surface area (Å²) in [4.78, 5) is 17.9. The highest BCUT2D eigenvalue weighted by Crippen LogP contribution is 2.33. The third-order valence-corrected chi connectivity index (χ3v) is 12.3. The lowest BCUT2D eigenvalue weighted by molar-refractivity contribution is -0.663. The van der Waals surface area contributed by atoms with Crippen molar-refractivity contribution in [2.45, 2.75) is 39.4 Å². The SMILES string of the molecule is O=C(O)c1c2cccc1-c1ccc(cc1)Cn1c[n+](c3ccccc31)Cc1ccc(cc1)OCc1cccc(n1)COc1ccc(cc1)C[n+]1cn(c3ccccc31)Cc1ccc-2cc1. The van der Waals surface area contributed by atoms with E-state index in [4.69, 9.17) is 14.5 Å². The Bertz CT molecular complexity index is 3130. The number of rotatable bonds is 1. The number of nitrogens with zero attached hydrogens (tertiary/aromatic N) is 5. The second kappa shape index (κ2) is 17.1. The molecule has 0 radical (unpaired) electrons. The van der Waals surface area contributed by atoms with Crippen molar-refractivity contribution < 1.29 is 28.5 Å². The number of ether oxygens (including phenoxy) is 2. The Morgan fingerprint density at radius 2 is 0.892 bits per heavy atom. The van der Waals surface area contributed by atoms with E-state index in [0.29, 0.717) is 50.5 Å². The summed E-state index contributed by atoms with van der Waals surface area (Å²) >= 11 is 0. The Morgan fingerprint density at radius 3 is 1.34 bits per heavy atom. The number of aromatic nitrogens is 5. The van der Waals surface area contributed by atoms with Gasteiger partial charge in [-0.05, 0) is 105 Å². The minimum absolute atomic E-state index is 0.289. The first-order chi connectivity index (χ1) is 32.0. The molecule has 9 nitrogen and oxygen atoms in total. The van der Waals surface area contributed by atoms with Gasteiger partial charge in [0.15, 0.2) is 22.1 Å². The van der Waals surface area contributed by atoms with Crippen LogP contribution >= 0.6 is 0 Å². The van der Waals surface area contributed by atoms with Crippen LogP contribution in [0.2, 0.25) is 0 Å². The molecule has 0 saturated heterocycles. The van der Waals surface area contributed by atoms with Crippen molar-refractivity contribution in [1.82, 2.24) is 14.1 Å². The lowest BCUT2D eigenvalue weighted by Gasteiger charge is -2.13. The van der Waals surface area contributed by atoms with Crippen LogP contribution in [0, 0.1) is 0 Å². The number of benzene rings is 7. The molecule has 7 aromatic carbocycles. The number of imidazole rings is 2.